The maximum atomic E-state index is 13.6. The van der Waals surface area contributed by atoms with Gasteiger partial charge in [0.1, 0.15) is 11.5 Å². The Kier molecular flexibility index (Phi) is 5.94. The number of carbonyl (C=O) groups excluding carboxylic acids is 1. The average molecular weight is 488 g/mol. The third-order valence-corrected chi connectivity index (χ3v) is 7.06. The zero-order valence-corrected chi connectivity index (χ0v) is 20.8. The predicted molar refractivity (Wildman–Crippen MR) is 136 cm³/mol. The van der Waals surface area contributed by atoms with Gasteiger partial charge in [0.15, 0.2) is 5.16 Å². The fraction of sp³-hybridized carbons (Fsp3) is 0.231. The van der Waals surface area contributed by atoms with Gasteiger partial charge in [-0.2, -0.15) is 0 Å². The van der Waals surface area contributed by atoms with Crippen LogP contribution in [0.1, 0.15) is 22.6 Å². The van der Waals surface area contributed by atoms with Gasteiger partial charge in [-0.3, -0.25) is 14.0 Å². The number of carbonyl (C=O) groups is 1. The van der Waals surface area contributed by atoms with Gasteiger partial charge in [0, 0.05) is 7.05 Å². The molecule has 1 amide bonds. The van der Waals surface area contributed by atoms with Crippen molar-refractivity contribution in [2.24, 2.45) is 0 Å². The molecule has 0 saturated carbocycles. The summed E-state index contributed by atoms with van der Waals surface area (Å²) in [7, 11) is 1.75. The van der Waals surface area contributed by atoms with Gasteiger partial charge in [-0.15, -0.1) is 10.2 Å². The van der Waals surface area contributed by atoms with Gasteiger partial charge < -0.3 is 9.32 Å². The molecule has 0 unspecified atom stereocenters. The number of rotatable bonds is 6. The summed E-state index contributed by atoms with van der Waals surface area (Å²) in [6.45, 7) is 6.27. The molecule has 3 aromatic heterocycles. The molecule has 8 nitrogen and oxygen atoms in total. The summed E-state index contributed by atoms with van der Waals surface area (Å²) < 4.78 is 9.05. The molecule has 35 heavy (non-hydrogen) atoms. The molecule has 0 saturated heterocycles. The topological polar surface area (TPSA) is 85.6 Å². The summed E-state index contributed by atoms with van der Waals surface area (Å²) in [6.07, 6.45) is 0. The lowest BCUT2D eigenvalue weighted by Crippen LogP contribution is -2.27. The molecule has 0 fully saturated rings. The summed E-state index contributed by atoms with van der Waals surface area (Å²) in [5.74, 6) is 2.07. The molecule has 0 spiro atoms. The van der Waals surface area contributed by atoms with Crippen molar-refractivity contribution in [1.82, 2.24) is 24.1 Å². The van der Waals surface area contributed by atoms with Crippen LogP contribution in [0.5, 0.6) is 0 Å². The molecule has 5 rings (SSSR count). The zero-order chi connectivity index (χ0) is 24.7. The summed E-state index contributed by atoms with van der Waals surface area (Å²) in [5.41, 5.74) is 3.38. The summed E-state index contributed by atoms with van der Waals surface area (Å²) in [4.78, 5) is 28.0. The Balaban J connectivity index is 1.54. The van der Waals surface area contributed by atoms with E-state index < -0.39 is 0 Å². The molecule has 0 aliphatic heterocycles. The largest absolute Gasteiger partial charge is 0.464 e. The number of aromatic nitrogens is 4. The second-order valence-electron chi connectivity index (χ2n) is 8.55. The number of hydrogen-bond acceptors (Lipinski definition) is 6. The first-order valence-corrected chi connectivity index (χ1v) is 12.2. The molecule has 3 heterocycles. The van der Waals surface area contributed by atoms with Gasteiger partial charge in [-0.25, -0.2) is 4.57 Å². The van der Waals surface area contributed by atoms with Crippen LogP contribution in [0.25, 0.3) is 22.4 Å². The Bertz CT molecular complexity index is 1630. The van der Waals surface area contributed by atoms with Gasteiger partial charge in [0.05, 0.1) is 28.9 Å². The highest BCUT2D eigenvalue weighted by Crippen LogP contribution is 2.25. The van der Waals surface area contributed by atoms with Crippen molar-refractivity contribution >= 4 is 34.3 Å². The van der Waals surface area contributed by atoms with E-state index in [4.69, 9.17) is 4.42 Å². The van der Waals surface area contributed by atoms with Gasteiger partial charge in [0.25, 0.3) is 5.56 Å². The minimum Gasteiger partial charge on any atom is -0.464 e. The summed E-state index contributed by atoms with van der Waals surface area (Å²) in [6, 6.07) is 17.0. The maximum absolute atomic E-state index is 13.6. The molecule has 0 radical (unpaired) electrons. The van der Waals surface area contributed by atoms with E-state index in [1.54, 1.807) is 22.6 Å². The minimum absolute atomic E-state index is 0.0621. The zero-order valence-electron chi connectivity index (χ0n) is 20.0. The summed E-state index contributed by atoms with van der Waals surface area (Å²) in [5, 5.41) is 9.86. The van der Waals surface area contributed by atoms with Crippen LogP contribution in [0.3, 0.4) is 0 Å². The fourth-order valence-corrected chi connectivity index (χ4v) is 4.98. The average Bonchev–Trinajstić information content (AvgIpc) is 3.46. The van der Waals surface area contributed by atoms with Crippen molar-refractivity contribution in [2.45, 2.75) is 32.5 Å². The number of amides is 1. The normalized spacial score (nSPS) is 11.4. The second kappa shape index (κ2) is 9.07. The lowest BCUT2D eigenvalue weighted by Gasteiger charge is -2.16. The molecule has 178 valence electrons. The second-order valence-corrected chi connectivity index (χ2v) is 9.49. The molecular formula is C26H25N5O3S. The summed E-state index contributed by atoms with van der Waals surface area (Å²) >= 11 is 1.29. The van der Waals surface area contributed by atoms with Gasteiger partial charge >= 0.3 is 0 Å². The van der Waals surface area contributed by atoms with E-state index in [1.165, 1.54) is 11.8 Å². The van der Waals surface area contributed by atoms with Crippen molar-refractivity contribution < 1.29 is 9.21 Å². The third kappa shape index (κ3) is 4.12. The van der Waals surface area contributed by atoms with Crippen LogP contribution >= 0.6 is 11.8 Å². The fourth-order valence-electron chi connectivity index (χ4n) is 4.10. The number of furan rings is 1. The van der Waals surface area contributed by atoms with Crippen molar-refractivity contribution in [3.8, 4) is 5.69 Å². The first kappa shape index (κ1) is 22.9. The number of aryl methyl sites for hydroxylation is 2. The van der Waals surface area contributed by atoms with Crippen molar-refractivity contribution in [1.29, 1.82) is 0 Å². The SMILES string of the molecule is Cc1ccc(CN(C)C(=O)CSc2nnc3n(-c4cccc(C)c4C)c(=O)c4ccccc4n23)o1. The van der Waals surface area contributed by atoms with Crippen molar-refractivity contribution in [2.75, 3.05) is 12.8 Å². The smallest absolute Gasteiger partial charge is 0.267 e. The molecular weight excluding hydrogens is 462 g/mol. The lowest BCUT2D eigenvalue weighted by molar-refractivity contribution is -0.127. The number of thioether (sulfide) groups is 1. The maximum Gasteiger partial charge on any atom is 0.267 e. The molecule has 0 N–H and O–H groups in total. The van der Waals surface area contributed by atoms with E-state index >= 15 is 0 Å². The molecule has 0 atom stereocenters. The highest BCUT2D eigenvalue weighted by molar-refractivity contribution is 7.99. The van der Waals surface area contributed by atoms with Crippen LogP contribution in [0.2, 0.25) is 0 Å². The quantitative estimate of drug-likeness (QED) is 0.332. The van der Waals surface area contributed by atoms with E-state index in [9.17, 15) is 9.59 Å². The van der Waals surface area contributed by atoms with E-state index in [1.807, 2.05) is 73.7 Å². The molecule has 9 heteroatoms. The Hall–Kier alpha value is -3.85. The number of fused-ring (bicyclic) bond motifs is 3. The third-order valence-electron chi connectivity index (χ3n) is 6.15. The lowest BCUT2D eigenvalue weighted by atomic mass is 10.1. The van der Waals surface area contributed by atoms with E-state index in [0.717, 1.165) is 28.3 Å². The van der Waals surface area contributed by atoms with E-state index in [2.05, 4.69) is 10.2 Å². The monoisotopic (exact) mass is 487 g/mol. The van der Waals surface area contributed by atoms with Crippen molar-refractivity contribution in [3.63, 3.8) is 0 Å². The first-order valence-electron chi connectivity index (χ1n) is 11.2. The Morgan fingerprint density at radius 3 is 2.60 bits per heavy atom. The van der Waals surface area contributed by atoms with Gasteiger partial charge in [-0.1, -0.05) is 36.0 Å². The van der Waals surface area contributed by atoms with Gasteiger partial charge in [0.2, 0.25) is 11.7 Å². The van der Waals surface area contributed by atoms with Gasteiger partial charge in [-0.05, 0) is 62.2 Å². The number of para-hydroxylation sites is 1. The van der Waals surface area contributed by atoms with Crippen LogP contribution in [0.15, 0.2) is 69.0 Å². The molecule has 0 bridgehead atoms. The van der Waals surface area contributed by atoms with Crippen LogP contribution in [-0.2, 0) is 11.3 Å². The molecule has 0 aliphatic rings. The molecule has 0 aliphatic carbocycles. The van der Waals surface area contributed by atoms with Crippen LogP contribution in [0.4, 0.5) is 0 Å². The highest BCUT2D eigenvalue weighted by atomic mass is 32.2. The van der Waals surface area contributed by atoms with Crippen molar-refractivity contribution in [3.05, 3.63) is 87.6 Å². The van der Waals surface area contributed by atoms with E-state index in [-0.39, 0.29) is 17.2 Å². The number of benzene rings is 2. The minimum atomic E-state index is -0.157. The number of nitrogens with zero attached hydrogens (tertiary/aromatic N) is 5. The Morgan fingerprint density at radius 1 is 1.03 bits per heavy atom. The predicted octanol–water partition coefficient (Wildman–Crippen LogP) is 4.30. The Labute approximate surface area is 206 Å². The molecule has 2 aromatic carbocycles. The number of hydrogen-bond donors (Lipinski definition) is 0. The van der Waals surface area contributed by atoms with Crippen LogP contribution in [0, 0.1) is 20.8 Å². The first-order chi connectivity index (χ1) is 16.8. The highest BCUT2D eigenvalue weighted by Gasteiger charge is 2.20. The Morgan fingerprint density at radius 2 is 1.83 bits per heavy atom. The molecule has 5 aromatic rings. The van der Waals surface area contributed by atoms with Crippen LogP contribution < -0.4 is 5.56 Å². The van der Waals surface area contributed by atoms with E-state index in [0.29, 0.717) is 28.4 Å². The standard InChI is InChI=1S/C26H25N5O3S/c1-16-8-7-11-21(18(16)3)30-24(33)20-9-5-6-10-22(20)31-25(30)27-28-26(31)35-15-23(32)29(4)14-19-13-12-17(2)34-19/h5-13H,14-15H2,1-4H3. The van der Waals surface area contributed by atoms with Crippen LogP contribution in [-0.4, -0.2) is 42.8 Å².